The molecule has 0 aliphatic heterocycles. The monoisotopic (exact) mass is 232 g/mol. The molecule has 0 aliphatic rings. The summed E-state index contributed by atoms with van der Waals surface area (Å²) < 4.78 is 0. The van der Waals surface area contributed by atoms with Crippen molar-refractivity contribution in [3.8, 4) is 0 Å². The van der Waals surface area contributed by atoms with E-state index in [1.165, 1.54) is 5.57 Å². The van der Waals surface area contributed by atoms with Gasteiger partial charge in [-0.3, -0.25) is 0 Å². The zero-order chi connectivity index (χ0) is 13.3. The lowest BCUT2D eigenvalue weighted by molar-refractivity contribution is 0.924. The molecule has 0 heterocycles. The van der Waals surface area contributed by atoms with Crippen molar-refractivity contribution >= 4 is 5.84 Å². The third-order valence-corrected chi connectivity index (χ3v) is 2.55. The maximum absolute atomic E-state index is 5.83. The molecule has 0 rings (SSSR count). The molecular formula is C15H24N2. The van der Waals surface area contributed by atoms with Crippen LogP contribution in [0.1, 0.15) is 40.5 Å². The predicted octanol–water partition coefficient (Wildman–Crippen LogP) is 4.13. The van der Waals surface area contributed by atoms with Gasteiger partial charge in [-0.2, -0.15) is 0 Å². The van der Waals surface area contributed by atoms with E-state index in [-0.39, 0.29) is 0 Å². The highest BCUT2D eigenvalue weighted by atomic mass is 14.9. The van der Waals surface area contributed by atoms with E-state index in [9.17, 15) is 0 Å². The summed E-state index contributed by atoms with van der Waals surface area (Å²) in [5.74, 6) is 0.527. The summed E-state index contributed by atoms with van der Waals surface area (Å²) in [7, 11) is 0. The fourth-order valence-corrected chi connectivity index (χ4v) is 1.27. The normalized spacial score (nSPS) is 15.1. The van der Waals surface area contributed by atoms with Crippen LogP contribution < -0.4 is 5.73 Å². The zero-order valence-corrected chi connectivity index (χ0v) is 11.5. The van der Waals surface area contributed by atoms with E-state index in [0.29, 0.717) is 5.84 Å². The van der Waals surface area contributed by atoms with Crippen molar-refractivity contribution < 1.29 is 0 Å². The van der Waals surface area contributed by atoms with Crippen LogP contribution in [0.25, 0.3) is 0 Å². The van der Waals surface area contributed by atoms with Gasteiger partial charge in [0.1, 0.15) is 5.84 Å². The van der Waals surface area contributed by atoms with Crippen LogP contribution in [0, 0.1) is 0 Å². The molecule has 0 unspecified atom stereocenters. The SMILES string of the molecule is C=C\C(C)=C(C)/N=C(N)\C=C/C(=C\C)CCC. The fraction of sp³-hybridized carbons (Fsp3) is 0.400. The van der Waals surface area contributed by atoms with Crippen molar-refractivity contribution in [3.63, 3.8) is 0 Å². The van der Waals surface area contributed by atoms with Gasteiger partial charge in [-0.15, -0.1) is 0 Å². The zero-order valence-electron chi connectivity index (χ0n) is 11.5. The molecule has 94 valence electrons. The highest BCUT2D eigenvalue weighted by molar-refractivity contribution is 5.92. The van der Waals surface area contributed by atoms with Crippen molar-refractivity contribution in [2.75, 3.05) is 0 Å². The van der Waals surface area contributed by atoms with E-state index in [2.05, 4.69) is 24.6 Å². The average molecular weight is 232 g/mol. The van der Waals surface area contributed by atoms with Gasteiger partial charge in [0.25, 0.3) is 0 Å². The lowest BCUT2D eigenvalue weighted by Gasteiger charge is -2.00. The Morgan fingerprint density at radius 2 is 1.94 bits per heavy atom. The molecule has 0 saturated heterocycles. The van der Waals surface area contributed by atoms with E-state index in [1.807, 2.05) is 32.9 Å². The average Bonchev–Trinajstić information content (AvgIpc) is 2.33. The topological polar surface area (TPSA) is 38.4 Å². The van der Waals surface area contributed by atoms with Crippen molar-refractivity contribution in [3.05, 3.63) is 47.7 Å². The fourth-order valence-electron chi connectivity index (χ4n) is 1.27. The van der Waals surface area contributed by atoms with Gasteiger partial charge < -0.3 is 5.73 Å². The Kier molecular flexibility index (Phi) is 7.78. The molecule has 0 radical (unpaired) electrons. The van der Waals surface area contributed by atoms with Crippen LogP contribution in [0.4, 0.5) is 0 Å². The first-order valence-electron chi connectivity index (χ1n) is 6.02. The van der Waals surface area contributed by atoms with Gasteiger partial charge in [-0.1, -0.05) is 43.7 Å². The summed E-state index contributed by atoms with van der Waals surface area (Å²) in [6, 6.07) is 0. The second kappa shape index (κ2) is 8.57. The molecule has 0 saturated carbocycles. The summed E-state index contributed by atoms with van der Waals surface area (Å²) in [6.45, 7) is 11.8. The standard InChI is InChI=1S/C15H24N2/c1-6-9-14(8-3)10-11-15(16)17-13(5)12(4)7-2/h7-8,10-11H,2,6,9H2,1,3-5H3,(H2,16,17)/b11-10-,13-12-,14-8-. The highest BCUT2D eigenvalue weighted by Gasteiger charge is 1.93. The number of allylic oxidation sites excluding steroid dienone is 6. The number of nitrogens with zero attached hydrogens (tertiary/aromatic N) is 1. The Labute approximate surface area is 105 Å². The Hall–Kier alpha value is -1.57. The summed E-state index contributed by atoms with van der Waals surface area (Å²) in [5.41, 5.74) is 9.06. The molecular weight excluding hydrogens is 208 g/mol. The second-order valence-electron chi connectivity index (χ2n) is 3.96. The van der Waals surface area contributed by atoms with Gasteiger partial charge >= 0.3 is 0 Å². The molecule has 2 heteroatoms. The molecule has 0 aromatic heterocycles. The lowest BCUT2D eigenvalue weighted by Crippen LogP contribution is -2.08. The molecule has 2 nitrogen and oxygen atoms in total. The third kappa shape index (κ3) is 6.56. The Morgan fingerprint density at radius 1 is 1.29 bits per heavy atom. The van der Waals surface area contributed by atoms with Gasteiger partial charge in [0.05, 0.1) is 0 Å². The maximum atomic E-state index is 5.83. The highest BCUT2D eigenvalue weighted by Crippen LogP contribution is 2.07. The van der Waals surface area contributed by atoms with E-state index >= 15 is 0 Å². The smallest absolute Gasteiger partial charge is 0.123 e. The Bertz CT molecular complexity index is 368. The summed E-state index contributed by atoms with van der Waals surface area (Å²) in [6.07, 6.45) is 9.97. The predicted molar refractivity (Wildman–Crippen MR) is 78.0 cm³/mol. The summed E-state index contributed by atoms with van der Waals surface area (Å²) in [5, 5.41) is 0. The van der Waals surface area contributed by atoms with Gasteiger partial charge in [0.2, 0.25) is 0 Å². The van der Waals surface area contributed by atoms with Crippen LogP contribution in [0.3, 0.4) is 0 Å². The molecule has 0 aliphatic carbocycles. The minimum Gasteiger partial charge on any atom is -0.384 e. The molecule has 0 atom stereocenters. The summed E-state index contributed by atoms with van der Waals surface area (Å²) >= 11 is 0. The van der Waals surface area contributed by atoms with E-state index < -0.39 is 0 Å². The van der Waals surface area contributed by atoms with E-state index in [0.717, 1.165) is 24.1 Å². The largest absolute Gasteiger partial charge is 0.384 e. The number of hydrogen-bond donors (Lipinski definition) is 1. The van der Waals surface area contributed by atoms with Gasteiger partial charge in [-0.25, -0.2) is 4.99 Å². The number of rotatable bonds is 6. The quantitative estimate of drug-likeness (QED) is 0.417. The first kappa shape index (κ1) is 15.4. The maximum Gasteiger partial charge on any atom is 0.123 e. The first-order chi connectivity index (χ1) is 8.04. The molecule has 0 bridgehead atoms. The van der Waals surface area contributed by atoms with Crippen LogP contribution >= 0.6 is 0 Å². The van der Waals surface area contributed by atoms with E-state index in [4.69, 9.17) is 5.73 Å². The molecule has 0 aromatic carbocycles. The van der Waals surface area contributed by atoms with Crippen LogP contribution in [0.15, 0.2) is 52.7 Å². The first-order valence-corrected chi connectivity index (χ1v) is 6.02. The van der Waals surface area contributed by atoms with Crippen molar-refractivity contribution in [2.24, 2.45) is 10.7 Å². The van der Waals surface area contributed by atoms with Gasteiger partial charge in [-0.05, 0) is 38.8 Å². The number of amidine groups is 1. The number of hydrogen-bond acceptors (Lipinski definition) is 1. The van der Waals surface area contributed by atoms with Crippen molar-refractivity contribution in [2.45, 2.75) is 40.5 Å². The van der Waals surface area contributed by atoms with Crippen LogP contribution in [0.5, 0.6) is 0 Å². The minimum atomic E-state index is 0.527. The minimum absolute atomic E-state index is 0.527. The van der Waals surface area contributed by atoms with Crippen LogP contribution in [0.2, 0.25) is 0 Å². The molecule has 0 amide bonds. The van der Waals surface area contributed by atoms with Gasteiger partial charge in [0.15, 0.2) is 0 Å². The Morgan fingerprint density at radius 3 is 2.41 bits per heavy atom. The Balaban J connectivity index is 4.75. The molecule has 0 aromatic rings. The number of nitrogens with two attached hydrogens (primary N) is 1. The van der Waals surface area contributed by atoms with Crippen molar-refractivity contribution in [1.29, 1.82) is 0 Å². The molecule has 0 spiro atoms. The molecule has 0 fully saturated rings. The number of aliphatic imine (C=N–C) groups is 1. The lowest BCUT2D eigenvalue weighted by atomic mass is 10.1. The second-order valence-corrected chi connectivity index (χ2v) is 3.96. The van der Waals surface area contributed by atoms with E-state index in [1.54, 1.807) is 6.08 Å². The van der Waals surface area contributed by atoms with Crippen LogP contribution in [-0.2, 0) is 0 Å². The van der Waals surface area contributed by atoms with Gasteiger partial charge in [0, 0.05) is 5.70 Å². The van der Waals surface area contributed by atoms with Crippen molar-refractivity contribution in [1.82, 2.24) is 0 Å². The van der Waals surface area contributed by atoms with Crippen LogP contribution in [-0.4, -0.2) is 5.84 Å². The summed E-state index contributed by atoms with van der Waals surface area (Å²) in [4.78, 5) is 4.30. The third-order valence-electron chi connectivity index (χ3n) is 2.55. The molecule has 17 heavy (non-hydrogen) atoms. The molecule has 2 N–H and O–H groups in total.